The summed E-state index contributed by atoms with van der Waals surface area (Å²) < 4.78 is 4.93. The molecule has 3 N–H and O–H groups in total. The van der Waals surface area contributed by atoms with E-state index in [-0.39, 0.29) is 5.92 Å². The first-order valence-corrected chi connectivity index (χ1v) is 11.8. The summed E-state index contributed by atoms with van der Waals surface area (Å²) in [5, 5.41) is 27.2. The summed E-state index contributed by atoms with van der Waals surface area (Å²) in [4.78, 5) is 21.6. The average molecular weight is 433 g/mol. The highest BCUT2D eigenvalue weighted by molar-refractivity contribution is 5.76. The van der Waals surface area contributed by atoms with Crippen LogP contribution in [0.5, 0.6) is 0 Å². The molecule has 6 nitrogen and oxygen atoms in total. The van der Waals surface area contributed by atoms with Gasteiger partial charge in [-0.1, -0.05) is 85.5 Å². The lowest BCUT2D eigenvalue weighted by Crippen LogP contribution is -2.36. The lowest BCUT2D eigenvalue weighted by molar-refractivity contribution is -0.158. The van der Waals surface area contributed by atoms with E-state index in [0.29, 0.717) is 18.9 Å². The number of carbonyl (C=O) groups is 2. The molecule has 0 heterocycles. The molecule has 180 valence electrons. The van der Waals surface area contributed by atoms with Gasteiger partial charge in [-0.2, -0.15) is 0 Å². The molecule has 6 heteroatoms. The van der Waals surface area contributed by atoms with Crippen molar-refractivity contribution in [2.75, 3.05) is 6.61 Å². The minimum atomic E-state index is -1.57. The predicted molar refractivity (Wildman–Crippen MR) is 121 cm³/mol. The van der Waals surface area contributed by atoms with Crippen molar-refractivity contribution in [2.45, 2.75) is 124 Å². The molecule has 0 saturated heterocycles. The van der Waals surface area contributed by atoms with Gasteiger partial charge >= 0.3 is 11.9 Å². The summed E-state index contributed by atoms with van der Waals surface area (Å²) >= 11 is 0. The van der Waals surface area contributed by atoms with Crippen LogP contribution in [0.3, 0.4) is 0 Å². The molecule has 4 unspecified atom stereocenters. The average Bonchev–Trinajstić information content (AvgIpc) is 2.66. The second-order valence-corrected chi connectivity index (χ2v) is 9.00. The fourth-order valence-electron chi connectivity index (χ4n) is 3.14. The van der Waals surface area contributed by atoms with Crippen LogP contribution in [0.25, 0.3) is 0 Å². The van der Waals surface area contributed by atoms with Crippen molar-refractivity contribution < 1.29 is 29.6 Å². The first-order valence-electron chi connectivity index (χ1n) is 11.8. The number of aliphatic hydroxyl groups excluding tert-OH is 1. The Bertz CT molecular complexity index is 431. The maximum absolute atomic E-state index is 11.0. The van der Waals surface area contributed by atoms with Crippen LogP contribution in [0.4, 0.5) is 0 Å². The molecule has 0 fully saturated rings. The number of carbonyl (C=O) groups excluding carboxylic acids is 1. The number of carboxylic acid groups (broad SMARTS) is 1. The molecule has 0 amide bonds. The van der Waals surface area contributed by atoms with Crippen LogP contribution in [0.2, 0.25) is 0 Å². The highest BCUT2D eigenvalue weighted by atomic mass is 16.5. The highest BCUT2D eigenvalue weighted by Crippen LogP contribution is 2.21. The SMILES string of the molecule is CCCCCCC(C)CC(C)(O)C(=O)O.CCCCCCC(C)COC(=O)C(C)O. The van der Waals surface area contributed by atoms with Gasteiger partial charge in [-0.3, -0.25) is 0 Å². The Morgan fingerprint density at radius 2 is 1.33 bits per heavy atom. The van der Waals surface area contributed by atoms with Crippen molar-refractivity contribution in [2.24, 2.45) is 11.8 Å². The van der Waals surface area contributed by atoms with E-state index in [4.69, 9.17) is 14.9 Å². The van der Waals surface area contributed by atoms with Gasteiger partial charge in [0.1, 0.15) is 6.10 Å². The van der Waals surface area contributed by atoms with Gasteiger partial charge in [0.25, 0.3) is 0 Å². The van der Waals surface area contributed by atoms with Crippen LogP contribution >= 0.6 is 0 Å². The minimum absolute atomic E-state index is 0.271. The number of carboxylic acids is 1. The van der Waals surface area contributed by atoms with Gasteiger partial charge in [0.2, 0.25) is 0 Å². The lowest BCUT2D eigenvalue weighted by atomic mass is 9.89. The van der Waals surface area contributed by atoms with Crippen LogP contribution in [-0.2, 0) is 14.3 Å². The van der Waals surface area contributed by atoms with Crippen LogP contribution in [0.15, 0.2) is 0 Å². The number of aliphatic hydroxyl groups is 2. The van der Waals surface area contributed by atoms with Crippen molar-refractivity contribution in [3.05, 3.63) is 0 Å². The second kappa shape index (κ2) is 18.6. The van der Waals surface area contributed by atoms with Gasteiger partial charge in [-0.15, -0.1) is 0 Å². The Balaban J connectivity index is 0. The first kappa shape index (κ1) is 31.0. The van der Waals surface area contributed by atoms with Crippen LogP contribution < -0.4 is 0 Å². The van der Waals surface area contributed by atoms with Gasteiger partial charge in [0.15, 0.2) is 5.60 Å². The molecular formula is C24H48O6. The smallest absolute Gasteiger partial charge is 0.335 e. The van der Waals surface area contributed by atoms with Gasteiger partial charge in [-0.05, 0) is 38.5 Å². The molecule has 0 aliphatic rings. The molecule has 0 radical (unpaired) electrons. The Labute approximate surface area is 184 Å². The molecular weight excluding hydrogens is 384 g/mol. The van der Waals surface area contributed by atoms with Gasteiger partial charge < -0.3 is 20.1 Å². The molecule has 0 aliphatic carbocycles. The molecule has 0 rings (SSSR count). The third-order valence-electron chi connectivity index (χ3n) is 5.16. The minimum Gasteiger partial charge on any atom is -0.479 e. The Morgan fingerprint density at radius 1 is 0.867 bits per heavy atom. The number of hydrogen-bond donors (Lipinski definition) is 3. The van der Waals surface area contributed by atoms with E-state index in [0.717, 1.165) is 19.3 Å². The number of unbranched alkanes of at least 4 members (excludes halogenated alkanes) is 6. The summed E-state index contributed by atoms with van der Waals surface area (Å²) in [5.74, 6) is -0.976. The Kier molecular flexibility index (Phi) is 19.3. The number of aliphatic carboxylic acids is 1. The zero-order valence-corrected chi connectivity index (χ0v) is 20.3. The van der Waals surface area contributed by atoms with E-state index in [1.807, 2.05) is 6.92 Å². The third-order valence-corrected chi connectivity index (χ3v) is 5.16. The Hall–Kier alpha value is -1.14. The van der Waals surface area contributed by atoms with Gasteiger partial charge in [0.05, 0.1) is 6.61 Å². The molecule has 0 bridgehead atoms. The number of rotatable bonds is 16. The normalized spacial score (nSPS) is 15.9. The van der Waals surface area contributed by atoms with Crippen molar-refractivity contribution in [1.82, 2.24) is 0 Å². The number of hydrogen-bond acceptors (Lipinski definition) is 5. The van der Waals surface area contributed by atoms with Crippen molar-refractivity contribution >= 4 is 11.9 Å². The molecule has 0 aromatic rings. The highest BCUT2D eigenvalue weighted by Gasteiger charge is 2.31. The zero-order valence-electron chi connectivity index (χ0n) is 20.3. The van der Waals surface area contributed by atoms with Gasteiger partial charge in [0, 0.05) is 0 Å². The Morgan fingerprint density at radius 3 is 1.73 bits per heavy atom. The standard InChI is InChI=1S/2C12H24O3/c1-4-5-6-7-8-10(2)9-12(3,15)11(13)14;1-4-5-6-7-8-10(2)9-15-12(14)11(3)13/h10,15H,4-9H2,1-3H3,(H,13,14);10-11,13H,4-9H2,1-3H3. The second-order valence-electron chi connectivity index (χ2n) is 9.00. The first-order chi connectivity index (χ1) is 14.0. The summed E-state index contributed by atoms with van der Waals surface area (Å²) in [6.07, 6.45) is 11.2. The van der Waals surface area contributed by atoms with E-state index in [9.17, 15) is 14.7 Å². The molecule has 0 aromatic heterocycles. The maximum Gasteiger partial charge on any atom is 0.335 e. The monoisotopic (exact) mass is 432 g/mol. The van der Waals surface area contributed by atoms with Crippen molar-refractivity contribution in [3.63, 3.8) is 0 Å². The fraction of sp³-hybridized carbons (Fsp3) is 0.917. The quantitative estimate of drug-likeness (QED) is 0.225. The van der Waals surface area contributed by atoms with Crippen LogP contribution in [0, 0.1) is 11.8 Å². The summed E-state index contributed by atoms with van der Waals surface area (Å²) in [5.41, 5.74) is -1.57. The maximum atomic E-state index is 11.0. The van der Waals surface area contributed by atoms with Crippen LogP contribution in [-0.4, -0.2) is 45.6 Å². The van der Waals surface area contributed by atoms with E-state index in [1.165, 1.54) is 58.8 Å². The van der Waals surface area contributed by atoms with E-state index < -0.39 is 23.6 Å². The predicted octanol–water partition coefficient (Wildman–Crippen LogP) is 5.34. The fourth-order valence-corrected chi connectivity index (χ4v) is 3.14. The molecule has 0 aromatic carbocycles. The summed E-state index contributed by atoms with van der Waals surface area (Å²) in [7, 11) is 0. The van der Waals surface area contributed by atoms with Crippen molar-refractivity contribution in [1.29, 1.82) is 0 Å². The van der Waals surface area contributed by atoms with Crippen molar-refractivity contribution in [3.8, 4) is 0 Å². The van der Waals surface area contributed by atoms with Crippen LogP contribution in [0.1, 0.15) is 112 Å². The zero-order chi connectivity index (χ0) is 23.6. The summed E-state index contributed by atoms with van der Waals surface area (Å²) in [6.45, 7) is 11.7. The van der Waals surface area contributed by atoms with E-state index in [1.54, 1.807) is 0 Å². The van der Waals surface area contributed by atoms with E-state index in [2.05, 4.69) is 20.8 Å². The van der Waals surface area contributed by atoms with E-state index >= 15 is 0 Å². The molecule has 0 spiro atoms. The number of esters is 1. The molecule has 0 saturated carbocycles. The molecule has 0 aliphatic heterocycles. The molecule has 30 heavy (non-hydrogen) atoms. The molecule has 4 atom stereocenters. The number of ether oxygens (including phenoxy) is 1. The largest absolute Gasteiger partial charge is 0.479 e. The topological polar surface area (TPSA) is 104 Å². The third kappa shape index (κ3) is 18.9. The van der Waals surface area contributed by atoms with Gasteiger partial charge in [-0.25, -0.2) is 9.59 Å². The summed E-state index contributed by atoms with van der Waals surface area (Å²) in [6, 6.07) is 0. The lowest BCUT2D eigenvalue weighted by Gasteiger charge is -2.22.